The maximum Gasteiger partial charge on any atom is 0.305 e. The van der Waals surface area contributed by atoms with Crippen molar-refractivity contribution < 1.29 is 23.2 Å². The molecule has 2 N–H and O–H groups in total. The summed E-state index contributed by atoms with van der Waals surface area (Å²) < 4.78 is 35.5. The summed E-state index contributed by atoms with van der Waals surface area (Å²) in [4.78, 5) is 41.6. The number of hydrogen-bond donors (Lipinski definition) is 2. The fourth-order valence-electron chi connectivity index (χ4n) is 6.15. The number of esters is 2. The number of carbonyl (C=O) groups is 2. The minimum absolute atomic E-state index is 0.0339. The van der Waals surface area contributed by atoms with Crippen LogP contribution in [-0.2, 0) is 31.9 Å². The Morgan fingerprint density at radius 1 is 0.674 bits per heavy atom. The molecule has 0 amide bonds. The van der Waals surface area contributed by atoms with E-state index >= 15 is 0 Å². The molecule has 0 saturated carbocycles. The first-order valence-corrected chi connectivity index (χ1v) is 16.3. The molecule has 242 valence electrons. The molecular weight excluding hydrogens is 623 g/mol. The minimum atomic E-state index is -2.55. The molecule has 0 atom stereocenters. The summed E-state index contributed by atoms with van der Waals surface area (Å²) in [6.07, 6.45) is 1.78. The number of fused-ring (bicyclic) bond motifs is 8. The van der Waals surface area contributed by atoms with Crippen LogP contribution in [0.25, 0.3) is 44.4 Å². The van der Waals surface area contributed by atoms with Crippen LogP contribution in [0.15, 0.2) is 24.3 Å². The molecule has 3 aromatic rings. The third-order valence-electron chi connectivity index (χ3n) is 8.82. The van der Waals surface area contributed by atoms with Gasteiger partial charge < -0.3 is 19.4 Å². The molecule has 8 nitrogen and oxygen atoms in total. The number of aromatic amines is 2. The van der Waals surface area contributed by atoms with Crippen LogP contribution in [0.5, 0.6) is 0 Å². The van der Waals surface area contributed by atoms with Crippen LogP contribution in [0.3, 0.4) is 0 Å². The molecular formula is C36H40Cl2N4O4. The van der Waals surface area contributed by atoms with Crippen molar-refractivity contribution in [2.75, 3.05) is 26.0 Å². The van der Waals surface area contributed by atoms with E-state index in [4.69, 9.17) is 46.8 Å². The van der Waals surface area contributed by atoms with Crippen LogP contribution in [0, 0.1) is 13.8 Å². The summed E-state index contributed by atoms with van der Waals surface area (Å²) >= 11 is 12.6. The third kappa shape index (κ3) is 6.65. The quantitative estimate of drug-likeness (QED) is 0.167. The van der Waals surface area contributed by atoms with Gasteiger partial charge in [-0.05, 0) is 122 Å². The van der Waals surface area contributed by atoms with E-state index in [1.807, 2.05) is 26.0 Å². The van der Waals surface area contributed by atoms with Crippen molar-refractivity contribution in [2.24, 2.45) is 0 Å². The average Bonchev–Trinajstić information content (AvgIpc) is 3.73. The van der Waals surface area contributed by atoms with E-state index in [1.54, 1.807) is 12.1 Å². The zero-order chi connectivity index (χ0) is 35.6. The molecule has 2 aliphatic rings. The number of ether oxygens (including phenoxy) is 2. The Morgan fingerprint density at radius 2 is 1.17 bits per heavy atom. The smallest absolute Gasteiger partial charge is 0.305 e. The second kappa shape index (κ2) is 14.3. The average molecular weight is 667 g/mol. The summed E-state index contributed by atoms with van der Waals surface area (Å²) in [6.45, 7) is 3.42. The molecule has 0 radical (unpaired) electrons. The lowest BCUT2D eigenvalue weighted by molar-refractivity contribution is -0.141. The molecule has 0 unspecified atom stereocenters. The van der Waals surface area contributed by atoms with Gasteiger partial charge in [-0.15, -0.1) is 23.2 Å². The minimum Gasteiger partial charge on any atom is -0.469 e. The predicted octanol–water partition coefficient (Wildman–Crippen LogP) is 8.26. The summed E-state index contributed by atoms with van der Waals surface area (Å²) in [5.74, 6) is -0.00368. The number of alkyl halides is 2. The van der Waals surface area contributed by atoms with Gasteiger partial charge in [-0.1, -0.05) is 0 Å². The van der Waals surface area contributed by atoms with Gasteiger partial charge in [-0.25, -0.2) is 9.97 Å². The van der Waals surface area contributed by atoms with Crippen molar-refractivity contribution in [3.63, 3.8) is 0 Å². The first kappa shape index (κ1) is 29.5. The number of carbonyl (C=O) groups excluding carboxylic acids is 2. The molecule has 8 bridgehead atoms. The molecule has 10 heteroatoms. The number of nitrogens with zero attached hydrogens (tertiary/aromatic N) is 2. The highest BCUT2D eigenvalue weighted by atomic mass is 35.5. The van der Waals surface area contributed by atoms with Gasteiger partial charge in [0, 0.05) is 50.8 Å². The van der Waals surface area contributed by atoms with Gasteiger partial charge in [0.1, 0.15) is 0 Å². The van der Waals surface area contributed by atoms with Crippen molar-refractivity contribution >= 4 is 79.5 Å². The van der Waals surface area contributed by atoms with Crippen molar-refractivity contribution in [1.29, 1.82) is 0 Å². The van der Waals surface area contributed by atoms with Crippen LogP contribution in [0.2, 0.25) is 0 Å². The van der Waals surface area contributed by atoms with Gasteiger partial charge in [0.2, 0.25) is 0 Å². The first-order valence-electron chi connectivity index (χ1n) is 16.7. The molecule has 3 aromatic heterocycles. The van der Waals surface area contributed by atoms with Gasteiger partial charge in [-0.3, -0.25) is 9.59 Å². The Labute approximate surface area is 283 Å². The van der Waals surface area contributed by atoms with E-state index in [0.717, 1.165) is 55.6 Å². The second-order valence-electron chi connectivity index (χ2n) is 11.4. The highest BCUT2D eigenvalue weighted by Crippen LogP contribution is 2.37. The SMILES string of the molecule is [2H]C([2H])([2H])C1=C(CCC(=O)OC)c2cc3[nH]c(cc4[nH]c(cc5nc(cc1n2)C(C)=C5CCCl)c(C)c4CCCl)c(C)c3CCC(=O)OC. The van der Waals surface area contributed by atoms with Crippen molar-refractivity contribution in [2.45, 2.75) is 66.1 Å². The second-order valence-corrected chi connectivity index (χ2v) is 12.2. The monoisotopic (exact) mass is 665 g/mol. The summed E-state index contributed by atoms with van der Waals surface area (Å²) in [6, 6.07) is 7.54. The van der Waals surface area contributed by atoms with Crippen LogP contribution < -0.4 is 0 Å². The number of allylic oxidation sites excluding steroid dienone is 4. The molecule has 5 heterocycles. The zero-order valence-electron chi connectivity index (χ0n) is 29.7. The number of H-pyrrole nitrogens is 2. The Balaban J connectivity index is 1.96. The normalized spacial score (nSPS) is 14.3. The lowest BCUT2D eigenvalue weighted by Crippen LogP contribution is -2.02. The Bertz CT molecular complexity index is 2040. The standard InChI is InChI=1S/C36H40Cl2N4O4/c1-19-23(7-9-35(43)45-5)33-18-34-24(8-10-36(44)46-6)20(2)29(42-34)16-32-26(12-14-38)22(4)30(41-32)17-31-25(11-13-37)21(3)28(39-31)15-27(19)40-33/h15-18,41-42H,7-14H2,1-6H3/i1D3. The number of nitrogens with one attached hydrogen (secondary N) is 2. The fraction of sp³-hybridized carbons (Fsp3) is 0.389. The van der Waals surface area contributed by atoms with Crippen molar-refractivity contribution in [3.8, 4) is 0 Å². The number of rotatable bonds is 10. The van der Waals surface area contributed by atoms with Gasteiger partial charge in [0.15, 0.2) is 0 Å². The van der Waals surface area contributed by atoms with E-state index in [-0.39, 0.29) is 36.5 Å². The molecule has 0 fully saturated rings. The highest BCUT2D eigenvalue weighted by molar-refractivity contribution is 6.18. The van der Waals surface area contributed by atoms with Crippen molar-refractivity contribution in [1.82, 2.24) is 19.9 Å². The molecule has 5 rings (SSSR count). The maximum absolute atomic E-state index is 12.3. The van der Waals surface area contributed by atoms with E-state index in [1.165, 1.54) is 14.2 Å². The first-order chi connectivity index (χ1) is 23.3. The van der Waals surface area contributed by atoms with Crippen LogP contribution >= 0.6 is 23.2 Å². The van der Waals surface area contributed by atoms with Crippen LogP contribution in [0.4, 0.5) is 0 Å². The molecule has 46 heavy (non-hydrogen) atoms. The molecule has 0 aliphatic carbocycles. The molecule has 0 aromatic carbocycles. The number of aryl methyl sites for hydroxylation is 4. The van der Waals surface area contributed by atoms with Gasteiger partial charge in [0.05, 0.1) is 37.0 Å². The Morgan fingerprint density at radius 3 is 1.76 bits per heavy atom. The number of methoxy groups -OCH3 is 2. The maximum atomic E-state index is 12.3. The van der Waals surface area contributed by atoms with Crippen LogP contribution in [-0.4, -0.2) is 57.9 Å². The van der Waals surface area contributed by atoms with Crippen molar-refractivity contribution in [3.05, 3.63) is 69.3 Å². The predicted molar refractivity (Wildman–Crippen MR) is 187 cm³/mol. The summed E-state index contributed by atoms with van der Waals surface area (Å²) in [5.41, 5.74) is 11.4. The molecule has 0 spiro atoms. The molecule has 2 aliphatic heterocycles. The zero-order valence-corrected chi connectivity index (χ0v) is 28.3. The highest BCUT2D eigenvalue weighted by Gasteiger charge is 2.22. The Hall–Kier alpha value is -3.88. The lowest BCUT2D eigenvalue weighted by Gasteiger charge is -2.04. The lowest BCUT2D eigenvalue weighted by atomic mass is 9.99. The number of halogens is 2. The summed E-state index contributed by atoms with van der Waals surface area (Å²) in [7, 11) is 2.65. The number of hydrogen-bond acceptors (Lipinski definition) is 6. The third-order valence-corrected chi connectivity index (χ3v) is 9.20. The molecule has 0 saturated heterocycles. The topological polar surface area (TPSA) is 110 Å². The Kier molecular flexibility index (Phi) is 9.15. The van der Waals surface area contributed by atoms with Crippen LogP contribution in [0.1, 0.15) is 88.6 Å². The van der Waals surface area contributed by atoms with Gasteiger partial charge >= 0.3 is 11.9 Å². The van der Waals surface area contributed by atoms with Gasteiger partial charge in [0.25, 0.3) is 0 Å². The van der Waals surface area contributed by atoms with Gasteiger partial charge in [-0.2, -0.15) is 0 Å². The summed E-state index contributed by atoms with van der Waals surface area (Å²) in [5, 5.41) is 0. The number of aromatic nitrogens is 4. The van der Waals surface area contributed by atoms with E-state index in [9.17, 15) is 9.59 Å². The van der Waals surface area contributed by atoms with E-state index in [2.05, 4.69) is 16.9 Å². The van der Waals surface area contributed by atoms with E-state index < -0.39 is 12.8 Å². The van der Waals surface area contributed by atoms with E-state index in [0.29, 0.717) is 53.5 Å². The fourth-order valence-corrected chi connectivity index (χ4v) is 6.53. The largest absolute Gasteiger partial charge is 0.469 e.